The second-order valence-electron chi connectivity index (χ2n) is 3.90. The lowest BCUT2D eigenvalue weighted by atomic mass is 10.1. The molecule has 0 saturated carbocycles. The third-order valence-corrected chi connectivity index (χ3v) is 2.84. The molecule has 2 heterocycles. The van der Waals surface area contributed by atoms with Gasteiger partial charge in [-0.05, 0) is 6.07 Å². The molecule has 0 saturated heterocycles. The van der Waals surface area contributed by atoms with E-state index >= 15 is 0 Å². The number of methoxy groups -OCH3 is 1. The van der Waals surface area contributed by atoms with Gasteiger partial charge in [-0.2, -0.15) is 4.98 Å². The summed E-state index contributed by atoms with van der Waals surface area (Å²) in [6.45, 7) is 0.249. The zero-order valence-corrected chi connectivity index (χ0v) is 9.93. The van der Waals surface area contributed by atoms with Crippen molar-refractivity contribution >= 4 is 10.9 Å². The van der Waals surface area contributed by atoms with Gasteiger partial charge in [-0.15, -0.1) is 0 Å². The van der Waals surface area contributed by atoms with Crippen molar-refractivity contribution in [1.82, 2.24) is 9.97 Å². The van der Waals surface area contributed by atoms with E-state index in [1.165, 1.54) is 0 Å². The van der Waals surface area contributed by atoms with Crippen molar-refractivity contribution in [3.8, 4) is 17.2 Å². The van der Waals surface area contributed by atoms with Crippen LogP contribution in [0.25, 0.3) is 22.2 Å². The van der Waals surface area contributed by atoms with E-state index in [0.29, 0.717) is 17.5 Å². The lowest BCUT2D eigenvalue weighted by molar-refractivity contribution is 0.398. The average molecular weight is 243 g/mol. The number of hydrogen-bond acceptors (Lipinski definition) is 4. The first-order valence-corrected chi connectivity index (χ1v) is 5.63. The van der Waals surface area contributed by atoms with Gasteiger partial charge in [0.15, 0.2) is 0 Å². The van der Waals surface area contributed by atoms with Crippen LogP contribution in [-0.4, -0.2) is 17.1 Å². The van der Waals surface area contributed by atoms with E-state index in [1.54, 1.807) is 7.11 Å². The number of para-hydroxylation sites is 1. The summed E-state index contributed by atoms with van der Waals surface area (Å²) < 4.78 is 10.9. The molecule has 2 aromatic heterocycles. The number of nitrogens with two attached hydrogens (primary N) is 1. The van der Waals surface area contributed by atoms with E-state index in [1.807, 2.05) is 30.5 Å². The van der Waals surface area contributed by atoms with Gasteiger partial charge in [0.1, 0.15) is 0 Å². The number of nitrogens with one attached hydrogen (secondary N) is 1. The molecule has 0 aliphatic carbocycles. The molecule has 3 N–H and O–H groups in total. The minimum absolute atomic E-state index is 0.249. The fraction of sp³-hybridized carbons (Fsp3) is 0.154. The molecule has 0 bridgehead atoms. The largest absolute Gasteiger partial charge is 0.478 e. The third-order valence-electron chi connectivity index (χ3n) is 2.84. The van der Waals surface area contributed by atoms with Crippen molar-refractivity contribution < 1.29 is 9.15 Å². The standard InChI is InChI=1S/C13H13N3O2/c1-17-13-12(18-11(6-14)16-13)9-7-15-10-5-3-2-4-8(9)10/h2-5,7,15H,6,14H2,1H3. The van der Waals surface area contributed by atoms with Crippen LogP contribution < -0.4 is 10.5 Å². The Labute approximate surface area is 104 Å². The highest BCUT2D eigenvalue weighted by atomic mass is 16.5. The summed E-state index contributed by atoms with van der Waals surface area (Å²) >= 11 is 0. The van der Waals surface area contributed by atoms with Crippen LogP contribution in [-0.2, 0) is 6.54 Å². The molecule has 0 unspecified atom stereocenters. The van der Waals surface area contributed by atoms with Crippen molar-refractivity contribution in [1.29, 1.82) is 0 Å². The Hall–Kier alpha value is -2.27. The molecule has 3 rings (SSSR count). The molecule has 18 heavy (non-hydrogen) atoms. The van der Waals surface area contributed by atoms with E-state index in [-0.39, 0.29) is 6.54 Å². The van der Waals surface area contributed by atoms with Crippen LogP contribution in [0.5, 0.6) is 5.88 Å². The molecule has 3 aromatic rings. The lowest BCUT2D eigenvalue weighted by Crippen LogP contribution is -1.95. The lowest BCUT2D eigenvalue weighted by Gasteiger charge is -1.97. The predicted octanol–water partition coefficient (Wildman–Crippen LogP) is 2.29. The second-order valence-corrected chi connectivity index (χ2v) is 3.90. The average Bonchev–Trinajstić information content (AvgIpc) is 3.01. The molecular weight excluding hydrogens is 230 g/mol. The first-order chi connectivity index (χ1) is 8.83. The first-order valence-electron chi connectivity index (χ1n) is 5.63. The van der Waals surface area contributed by atoms with Crippen molar-refractivity contribution in [2.75, 3.05) is 7.11 Å². The molecule has 0 spiro atoms. The molecule has 92 valence electrons. The fourth-order valence-corrected chi connectivity index (χ4v) is 2.00. The highest BCUT2D eigenvalue weighted by Gasteiger charge is 2.18. The summed E-state index contributed by atoms with van der Waals surface area (Å²) in [6.07, 6.45) is 1.88. The third kappa shape index (κ3) is 1.56. The van der Waals surface area contributed by atoms with Gasteiger partial charge >= 0.3 is 0 Å². The molecule has 0 radical (unpaired) electrons. The maximum atomic E-state index is 5.63. The second kappa shape index (κ2) is 4.19. The predicted molar refractivity (Wildman–Crippen MR) is 68.2 cm³/mol. The summed E-state index contributed by atoms with van der Waals surface area (Å²) in [5.41, 5.74) is 7.50. The molecule has 0 atom stereocenters. The van der Waals surface area contributed by atoms with Crippen molar-refractivity contribution in [3.63, 3.8) is 0 Å². The van der Waals surface area contributed by atoms with Gasteiger partial charge in [0.2, 0.25) is 11.7 Å². The Kier molecular flexibility index (Phi) is 2.53. The Balaban J connectivity index is 2.22. The Bertz CT molecular complexity index is 684. The minimum atomic E-state index is 0.249. The highest BCUT2D eigenvalue weighted by Crippen LogP contribution is 2.35. The number of benzene rings is 1. The van der Waals surface area contributed by atoms with Gasteiger partial charge in [0, 0.05) is 22.7 Å². The molecule has 5 heteroatoms. The van der Waals surface area contributed by atoms with E-state index in [9.17, 15) is 0 Å². The molecule has 5 nitrogen and oxygen atoms in total. The van der Waals surface area contributed by atoms with Gasteiger partial charge in [0.25, 0.3) is 5.88 Å². The van der Waals surface area contributed by atoms with Crippen molar-refractivity contribution in [3.05, 3.63) is 36.4 Å². The van der Waals surface area contributed by atoms with Crippen LogP contribution in [0.4, 0.5) is 0 Å². The maximum absolute atomic E-state index is 5.63. The SMILES string of the molecule is COc1nc(CN)oc1-c1c[nH]c2ccccc12. The Morgan fingerprint density at radius 3 is 3.00 bits per heavy atom. The molecule has 0 fully saturated rings. The fourth-order valence-electron chi connectivity index (χ4n) is 2.00. The van der Waals surface area contributed by atoms with E-state index in [2.05, 4.69) is 9.97 Å². The number of ether oxygens (including phenoxy) is 1. The number of nitrogens with zero attached hydrogens (tertiary/aromatic N) is 1. The number of hydrogen-bond donors (Lipinski definition) is 2. The number of fused-ring (bicyclic) bond motifs is 1. The molecule has 1 aromatic carbocycles. The topological polar surface area (TPSA) is 77.1 Å². The maximum Gasteiger partial charge on any atom is 0.261 e. The summed E-state index contributed by atoms with van der Waals surface area (Å²) in [6, 6.07) is 7.98. The van der Waals surface area contributed by atoms with Crippen LogP contribution in [0.2, 0.25) is 0 Å². The number of aromatic amines is 1. The van der Waals surface area contributed by atoms with Gasteiger partial charge in [-0.1, -0.05) is 18.2 Å². The van der Waals surface area contributed by atoms with Crippen LogP contribution in [0.3, 0.4) is 0 Å². The number of H-pyrrole nitrogens is 1. The highest BCUT2D eigenvalue weighted by molar-refractivity contribution is 5.95. The summed E-state index contributed by atoms with van der Waals surface area (Å²) in [4.78, 5) is 7.37. The van der Waals surface area contributed by atoms with Crippen LogP contribution >= 0.6 is 0 Å². The summed E-state index contributed by atoms with van der Waals surface area (Å²) in [5.74, 6) is 1.53. The monoisotopic (exact) mass is 243 g/mol. The van der Waals surface area contributed by atoms with Crippen molar-refractivity contribution in [2.45, 2.75) is 6.54 Å². The Morgan fingerprint density at radius 2 is 2.22 bits per heavy atom. The Morgan fingerprint density at radius 1 is 1.39 bits per heavy atom. The van der Waals surface area contributed by atoms with Crippen molar-refractivity contribution in [2.24, 2.45) is 5.73 Å². The van der Waals surface area contributed by atoms with Gasteiger partial charge in [0.05, 0.1) is 13.7 Å². The summed E-state index contributed by atoms with van der Waals surface area (Å²) in [7, 11) is 1.57. The number of rotatable bonds is 3. The molecule has 0 aliphatic rings. The van der Waals surface area contributed by atoms with Crippen LogP contribution in [0, 0.1) is 0 Å². The van der Waals surface area contributed by atoms with Gasteiger partial charge < -0.3 is 19.9 Å². The van der Waals surface area contributed by atoms with Gasteiger partial charge in [-0.25, -0.2) is 0 Å². The minimum Gasteiger partial charge on any atom is -0.478 e. The first kappa shape index (κ1) is 10.9. The van der Waals surface area contributed by atoms with E-state index in [4.69, 9.17) is 14.9 Å². The van der Waals surface area contributed by atoms with Crippen LogP contribution in [0.1, 0.15) is 5.89 Å². The molecule has 0 amide bonds. The molecular formula is C13H13N3O2. The molecule has 0 aliphatic heterocycles. The summed E-state index contributed by atoms with van der Waals surface area (Å²) in [5, 5.41) is 1.07. The normalized spacial score (nSPS) is 11.0. The number of oxazole rings is 1. The van der Waals surface area contributed by atoms with E-state index < -0.39 is 0 Å². The van der Waals surface area contributed by atoms with Gasteiger partial charge in [-0.3, -0.25) is 0 Å². The smallest absolute Gasteiger partial charge is 0.261 e. The quantitative estimate of drug-likeness (QED) is 0.739. The number of aromatic nitrogens is 2. The van der Waals surface area contributed by atoms with E-state index in [0.717, 1.165) is 16.5 Å². The zero-order valence-electron chi connectivity index (χ0n) is 9.93. The van der Waals surface area contributed by atoms with Crippen LogP contribution in [0.15, 0.2) is 34.9 Å². The zero-order chi connectivity index (χ0) is 12.5.